The first-order valence-corrected chi connectivity index (χ1v) is 16.2. The Hall–Kier alpha value is -2.41. The van der Waals surface area contributed by atoms with Crippen molar-refractivity contribution in [2.24, 2.45) is 0 Å². The Labute approximate surface area is 228 Å². The largest absolute Gasteiger partial charge is 0.611 e. The molecule has 38 heavy (non-hydrogen) atoms. The Bertz CT molecular complexity index is 1280. The molecule has 3 aliphatic heterocycles. The number of aromatic nitrogens is 2. The van der Waals surface area contributed by atoms with E-state index in [4.69, 9.17) is 9.97 Å². The molecule has 1 aromatic heterocycles. The number of piperidine rings is 2. The molecule has 0 saturated carbocycles. The van der Waals surface area contributed by atoms with Gasteiger partial charge in [0.1, 0.15) is 11.4 Å². The van der Waals surface area contributed by atoms with E-state index in [-0.39, 0.29) is 17.4 Å². The summed E-state index contributed by atoms with van der Waals surface area (Å²) in [6.45, 7) is 2.34. The molecule has 3 aliphatic rings. The molecule has 4 heterocycles. The predicted octanol–water partition coefficient (Wildman–Crippen LogP) is 1.60. The second kappa shape index (κ2) is 10.6. The molecule has 2 aromatic rings. The third kappa shape index (κ3) is 5.49. The molecular formula is C26H36N6O4S2. The van der Waals surface area contributed by atoms with Crippen molar-refractivity contribution in [2.45, 2.75) is 48.5 Å². The molecule has 2 saturated heterocycles. The number of likely N-dealkylation sites (tertiary alicyclic amines) is 1. The Balaban J connectivity index is 1.39. The average Bonchev–Trinajstić information content (AvgIpc) is 3.27. The summed E-state index contributed by atoms with van der Waals surface area (Å²) in [6, 6.07) is 10.2. The maximum absolute atomic E-state index is 12.8. The monoisotopic (exact) mass is 560 g/mol. The number of nitrogens with zero attached hydrogens (tertiary/aromatic N) is 5. The Kier molecular flexibility index (Phi) is 7.60. The van der Waals surface area contributed by atoms with Crippen molar-refractivity contribution < 1.29 is 17.8 Å². The van der Waals surface area contributed by atoms with Gasteiger partial charge in [0.25, 0.3) is 0 Å². The summed E-state index contributed by atoms with van der Waals surface area (Å²) >= 11 is -1.14. The molecule has 0 spiro atoms. The lowest BCUT2D eigenvalue weighted by atomic mass is 9.72. The van der Waals surface area contributed by atoms with E-state index in [0.29, 0.717) is 67.9 Å². The molecule has 2 unspecified atom stereocenters. The smallest absolute Gasteiger partial charge is 0.227 e. The van der Waals surface area contributed by atoms with Crippen LogP contribution in [0.4, 0.5) is 11.8 Å². The number of aryl methyl sites for hydroxylation is 1. The van der Waals surface area contributed by atoms with Gasteiger partial charge in [-0.2, -0.15) is 4.98 Å². The third-order valence-electron chi connectivity index (χ3n) is 8.12. The molecule has 1 amide bonds. The van der Waals surface area contributed by atoms with Crippen LogP contribution in [0.1, 0.15) is 36.9 Å². The van der Waals surface area contributed by atoms with Gasteiger partial charge in [-0.1, -0.05) is 30.3 Å². The fraction of sp³-hybridized carbons (Fsp3) is 0.577. The zero-order valence-corrected chi connectivity index (χ0v) is 23.9. The second-order valence-corrected chi connectivity index (χ2v) is 14.4. The number of carbonyl (C=O) groups excluding carboxylic acids is 1. The predicted molar refractivity (Wildman–Crippen MR) is 148 cm³/mol. The first-order chi connectivity index (χ1) is 18.1. The first-order valence-electron chi connectivity index (χ1n) is 13.1. The van der Waals surface area contributed by atoms with Gasteiger partial charge in [-0.15, -0.1) is 0 Å². The maximum Gasteiger partial charge on any atom is 0.227 e. The maximum atomic E-state index is 12.8. The van der Waals surface area contributed by atoms with Gasteiger partial charge in [-0.25, -0.2) is 17.7 Å². The summed E-state index contributed by atoms with van der Waals surface area (Å²) in [5.74, 6) is 1.91. The lowest BCUT2D eigenvalue weighted by Gasteiger charge is -2.44. The molecule has 2 fully saturated rings. The van der Waals surface area contributed by atoms with Crippen LogP contribution in [0.15, 0.2) is 35.2 Å². The van der Waals surface area contributed by atoms with Gasteiger partial charge in [0, 0.05) is 64.6 Å². The molecule has 206 valence electrons. The van der Waals surface area contributed by atoms with E-state index in [1.807, 2.05) is 18.2 Å². The summed E-state index contributed by atoms with van der Waals surface area (Å²) in [5, 5.41) is 3.49. The normalized spacial score (nSPS) is 23.6. The lowest BCUT2D eigenvalue weighted by molar-refractivity contribution is -0.132. The average molecular weight is 561 g/mol. The van der Waals surface area contributed by atoms with Crippen LogP contribution in [-0.2, 0) is 37.8 Å². The molecule has 0 bridgehead atoms. The fourth-order valence-electron chi connectivity index (χ4n) is 5.75. The minimum absolute atomic E-state index is 0.0424. The topological polar surface area (TPSA) is 122 Å². The molecule has 0 radical (unpaired) electrons. The van der Waals surface area contributed by atoms with E-state index in [2.05, 4.69) is 22.3 Å². The Morgan fingerprint density at radius 1 is 1.18 bits per heavy atom. The summed E-state index contributed by atoms with van der Waals surface area (Å²) in [4.78, 5) is 26.2. The van der Waals surface area contributed by atoms with Crippen LogP contribution in [0.2, 0.25) is 0 Å². The fourth-order valence-corrected chi connectivity index (χ4v) is 7.55. The number of rotatable bonds is 7. The summed E-state index contributed by atoms with van der Waals surface area (Å²) in [6.07, 6.45) is 4.59. The number of amides is 1. The van der Waals surface area contributed by atoms with Crippen molar-refractivity contribution in [3.05, 3.63) is 41.6 Å². The highest BCUT2D eigenvalue weighted by Gasteiger charge is 2.40. The van der Waals surface area contributed by atoms with Crippen LogP contribution in [0.5, 0.6) is 0 Å². The van der Waals surface area contributed by atoms with Crippen LogP contribution >= 0.6 is 0 Å². The van der Waals surface area contributed by atoms with Crippen molar-refractivity contribution in [1.29, 1.82) is 0 Å². The summed E-state index contributed by atoms with van der Waals surface area (Å²) < 4.78 is 38.8. The number of fused-ring (bicyclic) bond motifs is 1. The van der Waals surface area contributed by atoms with E-state index in [0.717, 1.165) is 24.1 Å². The minimum atomic E-state index is -3.32. The number of sulfonamides is 1. The van der Waals surface area contributed by atoms with E-state index < -0.39 is 21.2 Å². The summed E-state index contributed by atoms with van der Waals surface area (Å²) in [7, 11) is 0.127. The van der Waals surface area contributed by atoms with Crippen molar-refractivity contribution >= 4 is 38.9 Å². The molecule has 1 aromatic carbocycles. The highest BCUT2D eigenvalue weighted by atomic mass is 32.2. The van der Waals surface area contributed by atoms with Gasteiger partial charge in [-0.05, 0) is 36.0 Å². The highest BCUT2D eigenvalue weighted by molar-refractivity contribution is 7.91. The Morgan fingerprint density at radius 2 is 1.89 bits per heavy atom. The number of hydrogen-bond donors (Lipinski definition) is 1. The van der Waals surface area contributed by atoms with Crippen molar-refractivity contribution in [3.63, 3.8) is 0 Å². The number of likely N-dealkylation sites (N-methyl/N-ethyl adjacent to an activating group) is 2. The van der Waals surface area contributed by atoms with Crippen molar-refractivity contribution in [3.8, 4) is 0 Å². The van der Waals surface area contributed by atoms with Gasteiger partial charge in [0.15, 0.2) is 5.82 Å². The van der Waals surface area contributed by atoms with E-state index >= 15 is 0 Å². The number of anilines is 2. The zero-order valence-electron chi connectivity index (χ0n) is 22.2. The molecular weight excluding hydrogens is 524 g/mol. The van der Waals surface area contributed by atoms with Crippen LogP contribution < -0.4 is 10.2 Å². The SMILES string of the molecule is CN1CC(Nc2nc(N3CCC(CN(C)S(C)(=O)=O)(c4ccccc4)CC3)nc3c2[S+]([O-])CC3)CCC1=O. The Morgan fingerprint density at radius 3 is 2.55 bits per heavy atom. The lowest BCUT2D eigenvalue weighted by Crippen LogP contribution is -2.49. The minimum Gasteiger partial charge on any atom is -0.611 e. The van der Waals surface area contributed by atoms with E-state index in [1.165, 1.54) is 10.6 Å². The molecule has 5 rings (SSSR count). The van der Waals surface area contributed by atoms with Gasteiger partial charge in [-0.3, -0.25) is 4.79 Å². The van der Waals surface area contributed by atoms with E-state index in [9.17, 15) is 17.8 Å². The highest BCUT2D eigenvalue weighted by Crippen LogP contribution is 2.39. The molecule has 2 atom stereocenters. The third-order valence-corrected chi connectivity index (χ3v) is 10.8. The van der Waals surface area contributed by atoms with Crippen molar-refractivity contribution in [1.82, 2.24) is 19.2 Å². The molecule has 1 N–H and O–H groups in total. The van der Waals surface area contributed by atoms with Crippen LogP contribution in [0, 0.1) is 0 Å². The van der Waals surface area contributed by atoms with Crippen LogP contribution in [0.3, 0.4) is 0 Å². The van der Waals surface area contributed by atoms with Gasteiger partial charge in [0.2, 0.25) is 26.8 Å². The van der Waals surface area contributed by atoms with Crippen LogP contribution in [0.25, 0.3) is 0 Å². The quantitative estimate of drug-likeness (QED) is 0.507. The number of hydrogen-bond acceptors (Lipinski definition) is 8. The van der Waals surface area contributed by atoms with E-state index in [1.54, 1.807) is 19.0 Å². The van der Waals surface area contributed by atoms with Gasteiger partial charge < -0.3 is 19.7 Å². The number of nitrogens with one attached hydrogen (secondary N) is 1. The summed E-state index contributed by atoms with van der Waals surface area (Å²) in [5.41, 5.74) is 1.65. The molecule has 12 heteroatoms. The van der Waals surface area contributed by atoms with Gasteiger partial charge >= 0.3 is 0 Å². The zero-order chi connectivity index (χ0) is 27.1. The number of benzene rings is 1. The first kappa shape index (κ1) is 27.2. The standard InChI is InChI=1S/C26H36N6O4S2/c1-30-17-20(9-10-22(30)33)27-24-23-21(11-16-37(23)34)28-25(29-24)32-14-12-26(13-15-32,18-31(2)38(3,35)36)19-7-5-4-6-8-19/h4-8,20H,9-18H2,1-3H3,(H,27,28,29). The molecule has 10 nitrogen and oxygen atoms in total. The number of carbonyl (C=O) groups is 1. The van der Waals surface area contributed by atoms with Crippen molar-refractivity contribution in [2.75, 3.05) is 62.5 Å². The second-order valence-electron chi connectivity index (χ2n) is 10.8. The van der Waals surface area contributed by atoms with Crippen LogP contribution in [-0.4, -0.2) is 96.4 Å². The molecule has 0 aliphatic carbocycles. The van der Waals surface area contributed by atoms with Gasteiger partial charge in [0.05, 0.1) is 6.26 Å².